The van der Waals surface area contributed by atoms with Crippen LogP contribution in [0.1, 0.15) is 5.56 Å². The Morgan fingerprint density at radius 1 is 1.00 bits per heavy atom. The average molecular weight is 405 g/mol. The number of rotatable bonds is 5. The molecule has 2 aromatic carbocycles. The van der Waals surface area contributed by atoms with Crippen molar-refractivity contribution in [3.8, 4) is 11.6 Å². The van der Waals surface area contributed by atoms with Gasteiger partial charge >= 0.3 is 0 Å². The van der Waals surface area contributed by atoms with Gasteiger partial charge in [0.05, 0.1) is 0 Å². The molecule has 0 atom stereocenters. The number of ether oxygens (including phenoxy) is 1. The Bertz CT molecular complexity index is 909. The summed E-state index contributed by atoms with van der Waals surface area (Å²) < 4.78 is 5.67. The lowest BCUT2D eigenvalue weighted by Gasteiger charge is -2.11. The van der Waals surface area contributed by atoms with E-state index in [9.17, 15) is 0 Å². The zero-order valence-electron chi connectivity index (χ0n) is 13.4. The number of benzene rings is 2. The van der Waals surface area contributed by atoms with Crippen molar-refractivity contribution in [1.82, 2.24) is 15.3 Å². The first-order chi connectivity index (χ1) is 12.6. The van der Waals surface area contributed by atoms with E-state index in [2.05, 4.69) is 20.6 Å². The van der Waals surface area contributed by atoms with E-state index in [1.54, 1.807) is 0 Å². The Balaban J connectivity index is 1.63. The molecule has 0 aliphatic heterocycles. The third kappa shape index (κ3) is 5.29. The first-order valence-electron chi connectivity index (χ1n) is 7.66. The van der Waals surface area contributed by atoms with Gasteiger partial charge in [-0.2, -0.15) is 4.98 Å². The van der Waals surface area contributed by atoms with Crippen molar-refractivity contribution in [3.05, 3.63) is 76.4 Å². The van der Waals surface area contributed by atoms with Crippen LogP contribution >= 0.6 is 35.4 Å². The summed E-state index contributed by atoms with van der Waals surface area (Å²) >= 11 is 17.4. The number of hydrogen-bond acceptors (Lipinski definition) is 4. The Morgan fingerprint density at radius 3 is 2.50 bits per heavy atom. The number of nitrogens with one attached hydrogen (secondary N) is 2. The molecular formula is C18H14Cl2N4OS. The Hall–Kier alpha value is -2.41. The Kier molecular flexibility index (Phi) is 6.22. The zero-order chi connectivity index (χ0) is 18.4. The van der Waals surface area contributed by atoms with Crippen LogP contribution in [0.4, 0.5) is 5.95 Å². The number of hydrogen-bond donors (Lipinski definition) is 2. The number of halogens is 2. The highest BCUT2D eigenvalue weighted by Gasteiger charge is 2.08. The lowest BCUT2D eigenvalue weighted by molar-refractivity contribution is 0.462. The maximum Gasteiger partial charge on any atom is 0.233 e. The van der Waals surface area contributed by atoms with Crippen LogP contribution in [-0.2, 0) is 6.54 Å². The maximum absolute atomic E-state index is 6.12. The van der Waals surface area contributed by atoms with Gasteiger partial charge in [0.15, 0.2) is 5.11 Å². The summed E-state index contributed by atoms with van der Waals surface area (Å²) in [4.78, 5) is 8.36. The van der Waals surface area contributed by atoms with Gasteiger partial charge in [0.1, 0.15) is 10.9 Å². The van der Waals surface area contributed by atoms with Gasteiger partial charge in [-0.05, 0) is 36.0 Å². The van der Waals surface area contributed by atoms with Gasteiger partial charge in [0, 0.05) is 17.6 Å². The molecule has 3 aromatic rings. The maximum atomic E-state index is 6.12. The summed E-state index contributed by atoms with van der Waals surface area (Å²) in [5.41, 5.74) is 0.929. The predicted molar refractivity (Wildman–Crippen MR) is 108 cm³/mol. The van der Waals surface area contributed by atoms with Crippen molar-refractivity contribution in [3.63, 3.8) is 0 Å². The molecule has 0 aliphatic rings. The van der Waals surface area contributed by atoms with Crippen molar-refractivity contribution < 1.29 is 4.74 Å². The lowest BCUT2D eigenvalue weighted by Crippen LogP contribution is -2.28. The smallest absolute Gasteiger partial charge is 0.233 e. The highest BCUT2D eigenvalue weighted by molar-refractivity contribution is 7.80. The van der Waals surface area contributed by atoms with E-state index in [1.165, 1.54) is 6.07 Å². The van der Waals surface area contributed by atoms with E-state index in [4.69, 9.17) is 40.2 Å². The quantitative estimate of drug-likeness (QED) is 0.457. The topological polar surface area (TPSA) is 59.1 Å². The molecule has 0 unspecified atom stereocenters. The summed E-state index contributed by atoms with van der Waals surface area (Å²) in [7, 11) is 0. The second kappa shape index (κ2) is 8.80. The molecule has 0 spiro atoms. The van der Waals surface area contributed by atoms with Crippen molar-refractivity contribution >= 4 is 46.5 Å². The van der Waals surface area contributed by atoms with Gasteiger partial charge in [0.25, 0.3) is 0 Å². The molecule has 2 N–H and O–H groups in total. The first kappa shape index (κ1) is 18.4. The SMILES string of the molecule is S=C(NCc1ccccc1Cl)Nc1nc(Cl)cc(Oc2ccccc2)n1. The van der Waals surface area contributed by atoms with Gasteiger partial charge in [-0.15, -0.1) is 0 Å². The Labute approximate surface area is 166 Å². The molecule has 5 nitrogen and oxygen atoms in total. The highest BCUT2D eigenvalue weighted by atomic mass is 35.5. The number of anilines is 1. The van der Waals surface area contributed by atoms with Gasteiger partial charge in [0.2, 0.25) is 11.8 Å². The van der Waals surface area contributed by atoms with Crippen LogP contribution in [0.3, 0.4) is 0 Å². The molecule has 0 radical (unpaired) electrons. The molecule has 0 saturated carbocycles. The fourth-order valence-electron chi connectivity index (χ4n) is 2.08. The summed E-state index contributed by atoms with van der Waals surface area (Å²) in [6.07, 6.45) is 0. The number of thiocarbonyl (C=S) groups is 1. The van der Waals surface area contributed by atoms with Crippen LogP contribution in [0.5, 0.6) is 11.6 Å². The highest BCUT2D eigenvalue weighted by Crippen LogP contribution is 2.22. The standard InChI is InChI=1S/C18H14Cl2N4OS/c19-14-9-5-4-6-12(14)11-21-18(26)24-17-22-15(20)10-16(23-17)25-13-7-2-1-3-8-13/h1-10H,11H2,(H2,21,22,23,24,26). The van der Waals surface area contributed by atoms with E-state index in [0.717, 1.165) is 5.56 Å². The lowest BCUT2D eigenvalue weighted by atomic mass is 10.2. The predicted octanol–water partition coefficient (Wildman–Crippen LogP) is 5.06. The second-order valence-electron chi connectivity index (χ2n) is 5.17. The zero-order valence-corrected chi connectivity index (χ0v) is 15.8. The van der Waals surface area contributed by atoms with Crippen molar-refractivity contribution in [2.75, 3.05) is 5.32 Å². The van der Waals surface area contributed by atoms with E-state index >= 15 is 0 Å². The van der Waals surface area contributed by atoms with Crippen LogP contribution in [-0.4, -0.2) is 15.1 Å². The molecule has 3 rings (SSSR count). The molecule has 0 amide bonds. The van der Waals surface area contributed by atoms with Crippen molar-refractivity contribution in [2.24, 2.45) is 0 Å². The molecule has 1 aromatic heterocycles. The number of para-hydroxylation sites is 1. The fourth-order valence-corrected chi connectivity index (χ4v) is 2.62. The van der Waals surface area contributed by atoms with Crippen molar-refractivity contribution in [2.45, 2.75) is 6.54 Å². The van der Waals surface area contributed by atoms with Crippen LogP contribution < -0.4 is 15.4 Å². The third-order valence-corrected chi connectivity index (χ3v) is 4.07. The minimum atomic E-state index is 0.236. The summed E-state index contributed by atoms with van der Waals surface area (Å²) in [6, 6.07) is 18.3. The molecule has 0 bridgehead atoms. The second-order valence-corrected chi connectivity index (χ2v) is 6.37. The largest absolute Gasteiger partial charge is 0.439 e. The molecule has 0 aliphatic carbocycles. The van der Waals surface area contributed by atoms with Crippen LogP contribution in [0, 0.1) is 0 Å². The molecule has 0 saturated heterocycles. The Morgan fingerprint density at radius 2 is 1.73 bits per heavy atom. The van der Waals surface area contributed by atoms with E-state index < -0.39 is 0 Å². The molecule has 26 heavy (non-hydrogen) atoms. The van der Waals surface area contributed by atoms with Gasteiger partial charge in [-0.3, -0.25) is 0 Å². The summed E-state index contributed by atoms with van der Waals surface area (Å²) in [5, 5.41) is 7.19. The number of nitrogens with zero attached hydrogens (tertiary/aromatic N) is 2. The summed E-state index contributed by atoms with van der Waals surface area (Å²) in [6.45, 7) is 0.472. The third-order valence-electron chi connectivity index (χ3n) is 3.26. The minimum absolute atomic E-state index is 0.236. The molecule has 132 valence electrons. The molecule has 0 fully saturated rings. The fraction of sp³-hybridized carbons (Fsp3) is 0.0556. The van der Waals surface area contributed by atoms with Crippen LogP contribution in [0.25, 0.3) is 0 Å². The van der Waals surface area contributed by atoms with Gasteiger partial charge in [-0.1, -0.05) is 59.6 Å². The van der Waals surface area contributed by atoms with Crippen LogP contribution in [0.15, 0.2) is 60.7 Å². The van der Waals surface area contributed by atoms with E-state index in [-0.39, 0.29) is 11.1 Å². The van der Waals surface area contributed by atoms with Gasteiger partial charge < -0.3 is 15.4 Å². The summed E-state index contributed by atoms with van der Waals surface area (Å²) in [5.74, 6) is 1.19. The molecule has 8 heteroatoms. The average Bonchev–Trinajstić information content (AvgIpc) is 2.61. The first-order valence-corrected chi connectivity index (χ1v) is 8.82. The normalized spacial score (nSPS) is 10.2. The van der Waals surface area contributed by atoms with Crippen molar-refractivity contribution in [1.29, 1.82) is 0 Å². The van der Waals surface area contributed by atoms with Gasteiger partial charge in [-0.25, -0.2) is 4.98 Å². The van der Waals surface area contributed by atoms with Crippen LogP contribution in [0.2, 0.25) is 10.2 Å². The number of aromatic nitrogens is 2. The monoisotopic (exact) mass is 404 g/mol. The van der Waals surface area contributed by atoms with E-state index in [0.29, 0.717) is 28.3 Å². The molecule has 1 heterocycles. The van der Waals surface area contributed by atoms with E-state index in [1.807, 2.05) is 54.6 Å². The minimum Gasteiger partial charge on any atom is -0.439 e. The molecular weight excluding hydrogens is 391 g/mol.